The summed E-state index contributed by atoms with van der Waals surface area (Å²) in [7, 11) is 0. The van der Waals surface area contributed by atoms with E-state index < -0.39 is 11.5 Å². The summed E-state index contributed by atoms with van der Waals surface area (Å²) in [6.45, 7) is 4.03. The first-order valence-corrected chi connectivity index (χ1v) is 4.14. The van der Waals surface area contributed by atoms with Gasteiger partial charge >= 0.3 is 0 Å². The summed E-state index contributed by atoms with van der Waals surface area (Å²) in [6, 6.07) is 1.26. The van der Waals surface area contributed by atoms with Crippen molar-refractivity contribution in [3.63, 3.8) is 0 Å². The van der Waals surface area contributed by atoms with E-state index in [0.29, 0.717) is 12.1 Å². The lowest BCUT2D eigenvalue weighted by molar-refractivity contribution is 0.0212. The standard InChI is InChI=1S/C9H13FN2O/c1-3-12-9(2,13)7-4-8(10)6-11-5-7/h4-6,12-13H,3H2,1-2H3. The van der Waals surface area contributed by atoms with Crippen molar-refractivity contribution in [2.45, 2.75) is 19.6 Å². The van der Waals surface area contributed by atoms with E-state index in [4.69, 9.17) is 0 Å². The highest BCUT2D eigenvalue weighted by Gasteiger charge is 2.21. The Morgan fingerprint density at radius 3 is 2.85 bits per heavy atom. The van der Waals surface area contributed by atoms with Gasteiger partial charge in [0.25, 0.3) is 0 Å². The van der Waals surface area contributed by atoms with Crippen molar-refractivity contribution in [2.24, 2.45) is 0 Å². The predicted molar refractivity (Wildman–Crippen MR) is 47.4 cm³/mol. The Hall–Kier alpha value is -1.00. The summed E-state index contributed by atoms with van der Waals surface area (Å²) < 4.78 is 12.7. The Morgan fingerprint density at radius 2 is 2.31 bits per heavy atom. The third-order valence-corrected chi connectivity index (χ3v) is 1.79. The molecule has 0 fully saturated rings. The maximum Gasteiger partial charge on any atom is 0.141 e. The average Bonchev–Trinajstić information content (AvgIpc) is 2.04. The predicted octanol–water partition coefficient (Wildman–Crippen LogP) is 0.995. The zero-order valence-corrected chi connectivity index (χ0v) is 7.71. The lowest BCUT2D eigenvalue weighted by Gasteiger charge is -2.24. The highest BCUT2D eigenvalue weighted by atomic mass is 19.1. The molecule has 3 nitrogen and oxygen atoms in total. The summed E-state index contributed by atoms with van der Waals surface area (Å²) in [5.74, 6) is -0.448. The third-order valence-electron chi connectivity index (χ3n) is 1.79. The second-order valence-electron chi connectivity index (χ2n) is 2.99. The molecule has 1 aromatic rings. The van der Waals surface area contributed by atoms with E-state index in [2.05, 4.69) is 10.3 Å². The van der Waals surface area contributed by atoms with Crippen molar-refractivity contribution in [2.75, 3.05) is 6.54 Å². The van der Waals surface area contributed by atoms with Gasteiger partial charge in [-0.25, -0.2) is 4.39 Å². The molecule has 0 bridgehead atoms. The summed E-state index contributed by atoms with van der Waals surface area (Å²) in [4.78, 5) is 3.66. The SMILES string of the molecule is CCNC(C)(O)c1cncc(F)c1. The van der Waals surface area contributed by atoms with Crippen LogP contribution >= 0.6 is 0 Å². The van der Waals surface area contributed by atoms with Crippen LogP contribution in [0.3, 0.4) is 0 Å². The van der Waals surface area contributed by atoms with Crippen LogP contribution in [0.15, 0.2) is 18.5 Å². The lowest BCUT2D eigenvalue weighted by atomic mass is 10.1. The van der Waals surface area contributed by atoms with E-state index >= 15 is 0 Å². The van der Waals surface area contributed by atoms with Gasteiger partial charge in [0, 0.05) is 11.8 Å². The van der Waals surface area contributed by atoms with Gasteiger partial charge in [-0.1, -0.05) is 6.92 Å². The second kappa shape index (κ2) is 3.81. The lowest BCUT2D eigenvalue weighted by Crippen LogP contribution is -2.39. The molecular formula is C9H13FN2O. The zero-order chi connectivity index (χ0) is 9.90. The number of halogens is 1. The number of hydrogen-bond donors (Lipinski definition) is 2. The maximum atomic E-state index is 12.7. The smallest absolute Gasteiger partial charge is 0.141 e. The molecule has 0 aliphatic heterocycles. The van der Waals surface area contributed by atoms with Gasteiger partial charge in [-0.3, -0.25) is 10.3 Å². The normalized spacial score (nSPS) is 15.4. The molecule has 0 amide bonds. The molecule has 0 aliphatic rings. The quantitative estimate of drug-likeness (QED) is 0.689. The summed E-state index contributed by atoms with van der Waals surface area (Å²) in [6.07, 6.45) is 2.54. The molecule has 0 spiro atoms. The topological polar surface area (TPSA) is 45.1 Å². The van der Waals surface area contributed by atoms with Gasteiger partial charge in [-0.15, -0.1) is 0 Å². The molecular weight excluding hydrogens is 171 g/mol. The number of aliphatic hydroxyl groups is 1. The Morgan fingerprint density at radius 1 is 1.62 bits per heavy atom. The fourth-order valence-electron chi connectivity index (χ4n) is 1.12. The molecule has 0 radical (unpaired) electrons. The first-order valence-electron chi connectivity index (χ1n) is 4.14. The molecule has 1 heterocycles. The number of aromatic nitrogens is 1. The highest BCUT2D eigenvalue weighted by molar-refractivity contribution is 5.16. The summed E-state index contributed by atoms with van der Waals surface area (Å²) >= 11 is 0. The fraction of sp³-hybridized carbons (Fsp3) is 0.444. The van der Waals surface area contributed by atoms with Crippen LogP contribution in [0.5, 0.6) is 0 Å². The number of nitrogens with one attached hydrogen (secondary N) is 1. The molecule has 72 valence electrons. The van der Waals surface area contributed by atoms with Crippen LogP contribution in [-0.2, 0) is 5.72 Å². The summed E-state index contributed by atoms with van der Waals surface area (Å²) in [5, 5.41) is 12.6. The minimum absolute atomic E-state index is 0.425. The van der Waals surface area contributed by atoms with E-state index in [1.807, 2.05) is 6.92 Å². The van der Waals surface area contributed by atoms with E-state index in [9.17, 15) is 9.50 Å². The Bertz CT molecular complexity index is 289. The van der Waals surface area contributed by atoms with Crippen LogP contribution in [0.25, 0.3) is 0 Å². The molecule has 1 unspecified atom stereocenters. The highest BCUT2D eigenvalue weighted by Crippen LogP contribution is 2.16. The molecule has 13 heavy (non-hydrogen) atoms. The zero-order valence-electron chi connectivity index (χ0n) is 7.71. The van der Waals surface area contributed by atoms with Gasteiger partial charge in [0.15, 0.2) is 0 Å². The molecule has 0 saturated heterocycles. The van der Waals surface area contributed by atoms with Gasteiger partial charge < -0.3 is 5.11 Å². The van der Waals surface area contributed by atoms with E-state index in [1.54, 1.807) is 6.92 Å². The molecule has 0 aromatic carbocycles. The van der Waals surface area contributed by atoms with Crippen molar-refractivity contribution >= 4 is 0 Å². The monoisotopic (exact) mass is 184 g/mol. The molecule has 1 aromatic heterocycles. The van der Waals surface area contributed by atoms with Crippen LogP contribution in [-0.4, -0.2) is 16.6 Å². The van der Waals surface area contributed by atoms with Crippen molar-refractivity contribution < 1.29 is 9.50 Å². The molecule has 2 N–H and O–H groups in total. The van der Waals surface area contributed by atoms with Gasteiger partial charge in [0.2, 0.25) is 0 Å². The third kappa shape index (κ3) is 2.47. The molecule has 0 saturated carbocycles. The second-order valence-corrected chi connectivity index (χ2v) is 2.99. The van der Waals surface area contributed by atoms with Crippen LogP contribution in [0, 0.1) is 5.82 Å². The number of rotatable bonds is 3. The van der Waals surface area contributed by atoms with Crippen molar-refractivity contribution in [1.29, 1.82) is 0 Å². The maximum absolute atomic E-state index is 12.7. The minimum atomic E-state index is -1.22. The molecule has 4 heteroatoms. The van der Waals surface area contributed by atoms with Gasteiger partial charge in [-0.2, -0.15) is 0 Å². The number of pyridine rings is 1. The molecule has 0 aliphatic carbocycles. The van der Waals surface area contributed by atoms with Crippen LogP contribution in [0.1, 0.15) is 19.4 Å². The first kappa shape index (κ1) is 10.1. The average molecular weight is 184 g/mol. The van der Waals surface area contributed by atoms with E-state index in [0.717, 1.165) is 6.20 Å². The van der Waals surface area contributed by atoms with Gasteiger partial charge in [0.1, 0.15) is 11.5 Å². The van der Waals surface area contributed by atoms with Crippen molar-refractivity contribution in [3.05, 3.63) is 29.8 Å². The number of hydrogen-bond acceptors (Lipinski definition) is 3. The number of nitrogens with zero attached hydrogens (tertiary/aromatic N) is 1. The van der Waals surface area contributed by atoms with Gasteiger partial charge in [-0.05, 0) is 19.5 Å². The van der Waals surface area contributed by atoms with Crippen LogP contribution < -0.4 is 5.32 Å². The van der Waals surface area contributed by atoms with Crippen molar-refractivity contribution in [1.82, 2.24) is 10.3 Å². The van der Waals surface area contributed by atoms with Gasteiger partial charge in [0.05, 0.1) is 6.20 Å². The van der Waals surface area contributed by atoms with Crippen LogP contribution in [0.4, 0.5) is 4.39 Å². The first-order chi connectivity index (χ1) is 6.06. The summed E-state index contributed by atoms with van der Waals surface area (Å²) in [5.41, 5.74) is -0.793. The Balaban J connectivity index is 2.93. The molecule has 1 rings (SSSR count). The van der Waals surface area contributed by atoms with Crippen LogP contribution in [0.2, 0.25) is 0 Å². The molecule has 1 atom stereocenters. The fourth-order valence-corrected chi connectivity index (χ4v) is 1.12. The Labute approximate surface area is 76.6 Å². The largest absolute Gasteiger partial charge is 0.372 e. The van der Waals surface area contributed by atoms with E-state index in [-0.39, 0.29) is 0 Å². The minimum Gasteiger partial charge on any atom is -0.372 e. The van der Waals surface area contributed by atoms with Crippen molar-refractivity contribution in [3.8, 4) is 0 Å². The Kier molecular flexibility index (Phi) is 2.95. The van der Waals surface area contributed by atoms with E-state index in [1.165, 1.54) is 12.3 Å².